The average Bonchev–Trinajstić information content (AvgIpc) is 2.88. The standard InChI is InChI=1S/C27H28F4N4O3S/c28-18-6-9-23-22(14-18)24(16-25(34-23)27(29,30)31)32-19-2-1-3-20(15-19)33-26(36)17-4-7-21(8-5-17)35-10-12-39(37,38)13-11-35/h4-9,14,16,19-20H,1-3,10-13,15H2,(H,32,34)(H,33,36)/t19-,20+/m0/s1. The first-order chi connectivity index (χ1) is 18.5. The zero-order valence-electron chi connectivity index (χ0n) is 21.0. The normalized spacial score (nSPS) is 21.5. The molecule has 2 aliphatic rings. The lowest BCUT2D eigenvalue weighted by atomic mass is 9.90. The van der Waals surface area contributed by atoms with E-state index in [0.29, 0.717) is 31.5 Å². The fourth-order valence-electron chi connectivity index (χ4n) is 5.20. The van der Waals surface area contributed by atoms with E-state index in [9.17, 15) is 30.8 Å². The predicted molar refractivity (Wildman–Crippen MR) is 141 cm³/mol. The molecule has 2 aromatic carbocycles. The molecular weight excluding hydrogens is 536 g/mol. The molecule has 2 fully saturated rings. The quantitative estimate of drug-likeness (QED) is 0.434. The molecule has 1 aliphatic carbocycles. The van der Waals surface area contributed by atoms with Crippen LogP contribution in [0.25, 0.3) is 10.9 Å². The van der Waals surface area contributed by atoms with Gasteiger partial charge in [0, 0.05) is 47.5 Å². The molecule has 0 bridgehead atoms. The zero-order chi connectivity index (χ0) is 27.8. The lowest BCUT2D eigenvalue weighted by Gasteiger charge is -2.31. The maximum atomic E-state index is 13.9. The maximum Gasteiger partial charge on any atom is 0.433 e. The largest absolute Gasteiger partial charge is 0.433 e. The van der Waals surface area contributed by atoms with Gasteiger partial charge < -0.3 is 15.5 Å². The Hall–Kier alpha value is -3.41. The van der Waals surface area contributed by atoms with E-state index >= 15 is 0 Å². The molecule has 7 nitrogen and oxygen atoms in total. The molecule has 2 N–H and O–H groups in total. The number of nitrogens with one attached hydrogen (secondary N) is 2. The van der Waals surface area contributed by atoms with Gasteiger partial charge in [0.1, 0.15) is 11.5 Å². The number of nitrogens with zero attached hydrogens (tertiary/aromatic N) is 2. The molecular formula is C27H28F4N4O3S. The summed E-state index contributed by atoms with van der Waals surface area (Å²) in [5.41, 5.74) is 0.458. The second-order valence-electron chi connectivity index (χ2n) is 10.1. The minimum atomic E-state index is -4.65. The van der Waals surface area contributed by atoms with Crippen molar-refractivity contribution < 1.29 is 30.8 Å². The van der Waals surface area contributed by atoms with Gasteiger partial charge in [0.2, 0.25) is 0 Å². The summed E-state index contributed by atoms with van der Waals surface area (Å²) in [5, 5.41) is 6.43. The van der Waals surface area contributed by atoms with Gasteiger partial charge in [-0.1, -0.05) is 0 Å². The number of carbonyl (C=O) groups excluding carboxylic acids is 1. The molecule has 208 valence electrons. The topological polar surface area (TPSA) is 91.4 Å². The van der Waals surface area contributed by atoms with Crippen LogP contribution in [0.4, 0.5) is 28.9 Å². The molecule has 0 spiro atoms. The highest BCUT2D eigenvalue weighted by molar-refractivity contribution is 7.91. The Kier molecular flexibility index (Phi) is 7.41. The summed E-state index contributed by atoms with van der Waals surface area (Å²) in [6.07, 6.45) is -1.99. The molecule has 3 aromatic rings. The van der Waals surface area contributed by atoms with Gasteiger partial charge in [-0.25, -0.2) is 17.8 Å². The predicted octanol–water partition coefficient (Wildman–Crippen LogP) is 4.78. The molecule has 2 atom stereocenters. The minimum Gasteiger partial charge on any atom is -0.382 e. The van der Waals surface area contributed by atoms with Crippen molar-refractivity contribution in [1.82, 2.24) is 10.3 Å². The highest BCUT2D eigenvalue weighted by atomic mass is 32.2. The number of benzene rings is 2. The molecule has 2 heterocycles. The van der Waals surface area contributed by atoms with Crippen molar-refractivity contribution in [2.75, 3.05) is 34.8 Å². The Bertz CT molecular complexity index is 1460. The van der Waals surface area contributed by atoms with Gasteiger partial charge >= 0.3 is 6.18 Å². The number of hydrogen-bond donors (Lipinski definition) is 2. The van der Waals surface area contributed by atoms with Gasteiger partial charge in [0.05, 0.1) is 17.0 Å². The van der Waals surface area contributed by atoms with E-state index in [0.717, 1.165) is 30.7 Å². The number of fused-ring (bicyclic) bond motifs is 1. The van der Waals surface area contributed by atoms with Crippen molar-refractivity contribution in [2.24, 2.45) is 0 Å². The van der Waals surface area contributed by atoms with Gasteiger partial charge in [-0.05, 0) is 74.2 Å². The first-order valence-corrected chi connectivity index (χ1v) is 14.6. The van der Waals surface area contributed by atoms with Crippen molar-refractivity contribution in [1.29, 1.82) is 0 Å². The number of sulfone groups is 1. The van der Waals surface area contributed by atoms with E-state index in [1.165, 1.54) is 12.1 Å². The molecule has 5 rings (SSSR count). The van der Waals surface area contributed by atoms with E-state index in [2.05, 4.69) is 15.6 Å². The molecule has 1 aliphatic heterocycles. The second kappa shape index (κ2) is 10.6. The summed E-state index contributed by atoms with van der Waals surface area (Å²) in [5.74, 6) is -0.622. The lowest BCUT2D eigenvalue weighted by Crippen LogP contribution is -2.42. The number of carbonyl (C=O) groups is 1. The van der Waals surface area contributed by atoms with E-state index in [-0.39, 0.29) is 46.1 Å². The average molecular weight is 565 g/mol. The second-order valence-corrected chi connectivity index (χ2v) is 12.4. The van der Waals surface area contributed by atoms with Crippen molar-refractivity contribution in [2.45, 2.75) is 43.9 Å². The number of rotatable bonds is 5. The van der Waals surface area contributed by atoms with Crippen molar-refractivity contribution in [3.63, 3.8) is 0 Å². The summed E-state index contributed by atoms with van der Waals surface area (Å²) >= 11 is 0. The summed E-state index contributed by atoms with van der Waals surface area (Å²) in [4.78, 5) is 18.5. The maximum absolute atomic E-state index is 13.9. The molecule has 1 aromatic heterocycles. The summed E-state index contributed by atoms with van der Waals surface area (Å²) < 4.78 is 77.6. The molecule has 1 saturated carbocycles. The van der Waals surface area contributed by atoms with Crippen molar-refractivity contribution in [3.05, 3.63) is 65.6 Å². The van der Waals surface area contributed by atoms with Gasteiger partial charge in [0.15, 0.2) is 9.84 Å². The van der Waals surface area contributed by atoms with Crippen LogP contribution in [0, 0.1) is 5.82 Å². The molecule has 39 heavy (non-hydrogen) atoms. The number of amides is 1. The van der Waals surface area contributed by atoms with Crippen LogP contribution in [0.2, 0.25) is 0 Å². The Morgan fingerprint density at radius 3 is 2.36 bits per heavy atom. The van der Waals surface area contributed by atoms with E-state index in [4.69, 9.17) is 0 Å². The number of pyridine rings is 1. The van der Waals surface area contributed by atoms with Crippen LogP contribution in [0.1, 0.15) is 41.7 Å². The van der Waals surface area contributed by atoms with E-state index in [1.54, 1.807) is 24.3 Å². The summed E-state index contributed by atoms with van der Waals surface area (Å²) in [7, 11) is -2.99. The third kappa shape index (κ3) is 6.43. The van der Waals surface area contributed by atoms with E-state index < -0.39 is 27.5 Å². The minimum absolute atomic E-state index is 0.0454. The summed E-state index contributed by atoms with van der Waals surface area (Å²) in [6, 6.07) is 10.9. The smallest absolute Gasteiger partial charge is 0.382 e. The number of halogens is 4. The van der Waals surface area contributed by atoms with Crippen molar-refractivity contribution >= 4 is 38.0 Å². The van der Waals surface area contributed by atoms with Crippen LogP contribution in [-0.4, -0.2) is 56.0 Å². The fraction of sp³-hybridized carbons (Fsp3) is 0.407. The van der Waals surface area contributed by atoms with Crippen LogP contribution in [0.5, 0.6) is 0 Å². The van der Waals surface area contributed by atoms with Crippen LogP contribution in [-0.2, 0) is 16.0 Å². The molecule has 0 unspecified atom stereocenters. The molecule has 0 radical (unpaired) electrons. The first kappa shape index (κ1) is 27.2. The van der Waals surface area contributed by atoms with Crippen LogP contribution in [0.15, 0.2) is 48.5 Å². The summed E-state index contributed by atoms with van der Waals surface area (Å²) in [6.45, 7) is 0.822. The molecule has 1 saturated heterocycles. The fourth-order valence-corrected chi connectivity index (χ4v) is 6.40. The van der Waals surface area contributed by atoms with Gasteiger partial charge in [-0.3, -0.25) is 4.79 Å². The number of alkyl halides is 3. The van der Waals surface area contributed by atoms with Crippen LogP contribution < -0.4 is 15.5 Å². The monoisotopic (exact) mass is 564 g/mol. The highest BCUT2D eigenvalue weighted by Crippen LogP contribution is 2.34. The third-order valence-electron chi connectivity index (χ3n) is 7.27. The Balaban J connectivity index is 1.25. The Morgan fingerprint density at radius 2 is 1.67 bits per heavy atom. The van der Waals surface area contributed by atoms with Gasteiger partial charge in [-0.15, -0.1) is 0 Å². The number of hydrogen-bond acceptors (Lipinski definition) is 6. The molecule has 12 heteroatoms. The van der Waals surface area contributed by atoms with Crippen LogP contribution in [0.3, 0.4) is 0 Å². The Morgan fingerprint density at radius 1 is 0.974 bits per heavy atom. The third-order valence-corrected chi connectivity index (χ3v) is 8.88. The SMILES string of the molecule is O=C(N[C@@H]1CCC[C@H](Nc2cc(C(F)(F)F)nc3ccc(F)cc23)C1)c1ccc(N2CCS(=O)(=O)CC2)cc1. The Labute approximate surface area is 223 Å². The highest BCUT2D eigenvalue weighted by Gasteiger charge is 2.34. The molecule has 1 amide bonds. The zero-order valence-corrected chi connectivity index (χ0v) is 21.8. The lowest BCUT2D eigenvalue weighted by molar-refractivity contribution is -0.140. The van der Waals surface area contributed by atoms with E-state index in [1.807, 2.05) is 4.90 Å². The number of anilines is 2. The first-order valence-electron chi connectivity index (χ1n) is 12.8. The van der Waals surface area contributed by atoms with Crippen LogP contribution >= 0.6 is 0 Å². The van der Waals surface area contributed by atoms with Gasteiger partial charge in [0.25, 0.3) is 5.91 Å². The van der Waals surface area contributed by atoms with Crippen molar-refractivity contribution in [3.8, 4) is 0 Å². The number of aromatic nitrogens is 1. The van der Waals surface area contributed by atoms with Gasteiger partial charge in [-0.2, -0.15) is 13.2 Å².